The van der Waals surface area contributed by atoms with Crippen LogP contribution in [0.25, 0.3) is 0 Å². The molecule has 8 heteroatoms. The van der Waals surface area contributed by atoms with E-state index >= 15 is 0 Å². The Bertz CT molecular complexity index is 1240. The zero-order valence-corrected chi connectivity index (χ0v) is 20.6. The van der Waals surface area contributed by atoms with Gasteiger partial charge in [0.25, 0.3) is 0 Å². The molecule has 7 nitrogen and oxygen atoms in total. The number of nitriles is 1. The van der Waals surface area contributed by atoms with Crippen molar-refractivity contribution in [1.82, 2.24) is 0 Å². The average molecular weight is 510 g/mol. The topological polar surface area (TPSA) is 106 Å². The van der Waals surface area contributed by atoms with Gasteiger partial charge in [-0.3, -0.25) is 4.90 Å². The Hall–Kier alpha value is -3.57. The first-order valence-corrected chi connectivity index (χ1v) is 10.9. The fraction of sp³-hybridized carbons (Fsp3) is 0.240. The zero-order valence-electron chi connectivity index (χ0n) is 19.0. The van der Waals surface area contributed by atoms with Crippen molar-refractivity contribution in [1.29, 1.82) is 5.26 Å². The molecule has 0 amide bonds. The summed E-state index contributed by atoms with van der Waals surface area (Å²) in [6, 6.07) is 13.0. The van der Waals surface area contributed by atoms with E-state index in [9.17, 15) is 14.9 Å². The third-order valence-electron chi connectivity index (χ3n) is 5.67. The molecular weight excluding hydrogens is 486 g/mol. The molecule has 0 saturated carbocycles. The number of hydrogen-bond acceptors (Lipinski definition) is 7. The number of aryl methyl sites for hydroxylation is 2. The van der Waals surface area contributed by atoms with Crippen LogP contribution in [0.1, 0.15) is 28.2 Å². The summed E-state index contributed by atoms with van der Waals surface area (Å²) in [6.07, 6.45) is 0. The minimum absolute atomic E-state index is 0.0169. The molecule has 1 heterocycles. The van der Waals surface area contributed by atoms with Gasteiger partial charge >= 0.3 is 11.9 Å². The monoisotopic (exact) mass is 509 g/mol. The lowest BCUT2D eigenvalue weighted by molar-refractivity contribution is -0.139. The molecule has 1 aliphatic rings. The largest absolute Gasteiger partial charge is 0.466 e. The number of halogens is 1. The normalized spacial score (nSPS) is 15.9. The Morgan fingerprint density at radius 2 is 1.67 bits per heavy atom. The van der Waals surface area contributed by atoms with E-state index in [4.69, 9.17) is 15.2 Å². The molecule has 0 fully saturated rings. The van der Waals surface area contributed by atoms with Gasteiger partial charge in [-0.15, -0.1) is 0 Å². The SMILES string of the molecule is COC(=O)C1=C(C(=O)OC)N(c2c(C)cc(C)c(Br)c2C)C(N)=C(C#N)C1c1ccccc1. The maximum atomic E-state index is 13.2. The van der Waals surface area contributed by atoms with Crippen molar-refractivity contribution in [3.8, 4) is 6.07 Å². The summed E-state index contributed by atoms with van der Waals surface area (Å²) >= 11 is 3.59. The van der Waals surface area contributed by atoms with Crippen molar-refractivity contribution in [2.45, 2.75) is 26.7 Å². The van der Waals surface area contributed by atoms with E-state index in [-0.39, 0.29) is 22.7 Å². The van der Waals surface area contributed by atoms with Crippen molar-refractivity contribution in [3.05, 3.63) is 85.8 Å². The lowest BCUT2D eigenvalue weighted by Crippen LogP contribution is -2.41. The van der Waals surface area contributed by atoms with E-state index in [0.29, 0.717) is 11.3 Å². The molecular formula is C25H24BrN3O4. The number of carbonyl (C=O) groups is 2. The molecule has 0 saturated heterocycles. The average Bonchev–Trinajstić information content (AvgIpc) is 2.82. The van der Waals surface area contributed by atoms with E-state index in [1.165, 1.54) is 19.1 Å². The highest BCUT2D eigenvalue weighted by Crippen LogP contribution is 2.45. The number of nitrogens with zero attached hydrogens (tertiary/aromatic N) is 2. The molecule has 2 aromatic rings. The third kappa shape index (κ3) is 4.00. The Labute approximate surface area is 201 Å². The van der Waals surface area contributed by atoms with Gasteiger partial charge in [-0.2, -0.15) is 5.26 Å². The molecule has 33 heavy (non-hydrogen) atoms. The predicted octanol–water partition coefficient (Wildman–Crippen LogP) is 4.27. The second-order valence-electron chi connectivity index (χ2n) is 7.63. The number of methoxy groups -OCH3 is 2. The molecule has 0 spiro atoms. The predicted molar refractivity (Wildman–Crippen MR) is 128 cm³/mol. The van der Waals surface area contributed by atoms with Crippen LogP contribution in [0.5, 0.6) is 0 Å². The van der Waals surface area contributed by atoms with Gasteiger partial charge in [0.05, 0.1) is 43.0 Å². The Kier molecular flexibility index (Phi) is 6.94. The van der Waals surface area contributed by atoms with E-state index < -0.39 is 17.9 Å². The van der Waals surface area contributed by atoms with Crippen molar-refractivity contribution < 1.29 is 19.1 Å². The molecule has 0 bridgehead atoms. The molecule has 2 N–H and O–H groups in total. The van der Waals surface area contributed by atoms with Crippen molar-refractivity contribution in [2.24, 2.45) is 5.73 Å². The molecule has 170 valence electrons. The molecule has 0 aliphatic carbocycles. The first-order chi connectivity index (χ1) is 15.7. The van der Waals surface area contributed by atoms with E-state index in [0.717, 1.165) is 21.2 Å². The van der Waals surface area contributed by atoms with Crippen LogP contribution in [-0.4, -0.2) is 26.2 Å². The van der Waals surface area contributed by atoms with Crippen molar-refractivity contribution in [2.75, 3.05) is 19.1 Å². The van der Waals surface area contributed by atoms with Crippen LogP contribution in [-0.2, 0) is 19.1 Å². The molecule has 1 unspecified atom stereocenters. The van der Waals surface area contributed by atoms with Crippen LogP contribution in [0.15, 0.2) is 63.5 Å². The number of nitrogens with two attached hydrogens (primary N) is 1. The summed E-state index contributed by atoms with van der Waals surface area (Å²) < 4.78 is 11.0. The van der Waals surface area contributed by atoms with Crippen LogP contribution in [0.2, 0.25) is 0 Å². The number of esters is 2. The fourth-order valence-corrected chi connectivity index (χ4v) is 4.54. The molecule has 3 rings (SSSR count). The maximum absolute atomic E-state index is 13.2. The van der Waals surface area contributed by atoms with Crippen molar-refractivity contribution >= 4 is 33.6 Å². The second kappa shape index (κ2) is 9.51. The minimum atomic E-state index is -0.900. The van der Waals surface area contributed by atoms with E-state index in [2.05, 4.69) is 22.0 Å². The number of benzene rings is 2. The Morgan fingerprint density at radius 1 is 1.06 bits per heavy atom. The number of hydrogen-bond donors (Lipinski definition) is 1. The molecule has 1 atom stereocenters. The van der Waals surface area contributed by atoms with Gasteiger partial charge < -0.3 is 15.2 Å². The number of allylic oxidation sites excluding steroid dienone is 1. The van der Waals surface area contributed by atoms with E-state index in [1.807, 2.05) is 32.9 Å². The summed E-state index contributed by atoms with van der Waals surface area (Å²) in [7, 11) is 2.45. The highest BCUT2D eigenvalue weighted by molar-refractivity contribution is 9.10. The molecule has 2 aromatic carbocycles. The zero-order chi connectivity index (χ0) is 24.4. The Balaban J connectivity index is 2.50. The second-order valence-corrected chi connectivity index (χ2v) is 8.43. The minimum Gasteiger partial charge on any atom is -0.466 e. The summed E-state index contributed by atoms with van der Waals surface area (Å²) in [5, 5.41) is 10.1. The third-order valence-corrected chi connectivity index (χ3v) is 6.89. The first kappa shape index (κ1) is 24.1. The van der Waals surface area contributed by atoms with Gasteiger partial charge in [0.15, 0.2) is 0 Å². The van der Waals surface area contributed by atoms with Crippen LogP contribution in [0, 0.1) is 32.1 Å². The van der Waals surface area contributed by atoms with Gasteiger partial charge in [-0.25, -0.2) is 9.59 Å². The van der Waals surface area contributed by atoms with Crippen molar-refractivity contribution in [3.63, 3.8) is 0 Å². The van der Waals surface area contributed by atoms with E-state index in [1.54, 1.807) is 24.3 Å². The maximum Gasteiger partial charge on any atom is 0.355 e. The summed E-state index contributed by atoms with van der Waals surface area (Å²) in [5.41, 5.74) is 10.4. The van der Waals surface area contributed by atoms with Gasteiger partial charge in [-0.05, 0) is 43.0 Å². The standard InChI is InChI=1S/C25H24BrN3O4/c1-13-11-14(2)21(15(3)20(13)26)29-22(25(31)33-5)19(24(30)32-4)18(17(12-27)23(29)28)16-9-7-6-8-10-16/h6-11,18H,28H2,1-5H3. The van der Waals surface area contributed by atoms with Crippen LogP contribution >= 0.6 is 15.9 Å². The number of rotatable bonds is 4. The molecule has 0 radical (unpaired) electrons. The lowest BCUT2D eigenvalue weighted by atomic mass is 9.80. The van der Waals surface area contributed by atoms with Gasteiger partial charge in [0.1, 0.15) is 11.5 Å². The van der Waals surface area contributed by atoms with Gasteiger partial charge in [0, 0.05) is 4.47 Å². The summed E-state index contributed by atoms with van der Waals surface area (Å²) in [4.78, 5) is 27.7. The number of ether oxygens (including phenoxy) is 2. The lowest BCUT2D eigenvalue weighted by Gasteiger charge is -2.37. The number of anilines is 1. The molecule has 0 aromatic heterocycles. The quantitative estimate of drug-likeness (QED) is 0.613. The Morgan fingerprint density at radius 3 is 2.21 bits per heavy atom. The highest BCUT2D eigenvalue weighted by atomic mass is 79.9. The van der Waals surface area contributed by atoms with Crippen LogP contribution in [0.3, 0.4) is 0 Å². The highest BCUT2D eigenvalue weighted by Gasteiger charge is 2.43. The summed E-state index contributed by atoms with van der Waals surface area (Å²) in [5.74, 6) is -2.38. The smallest absolute Gasteiger partial charge is 0.355 e. The number of carbonyl (C=O) groups excluding carboxylic acids is 2. The summed E-state index contributed by atoms with van der Waals surface area (Å²) in [6.45, 7) is 5.69. The van der Waals surface area contributed by atoms with Gasteiger partial charge in [0.2, 0.25) is 0 Å². The fourth-order valence-electron chi connectivity index (χ4n) is 4.24. The van der Waals surface area contributed by atoms with Crippen LogP contribution < -0.4 is 10.6 Å². The van der Waals surface area contributed by atoms with Gasteiger partial charge in [-0.1, -0.05) is 52.3 Å². The molecule has 1 aliphatic heterocycles. The first-order valence-electron chi connectivity index (χ1n) is 10.1. The van der Waals surface area contributed by atoms with Crippen LogP contribution in [0.4, 0.5) is 5.69 Å².